The van der Waals surface area contributed by atoms with Crippen LogP contribution in [0.1, 0.15) is 24.0 Å². The van der Waals surface area contributed by atoms with Crippen LogP contribution in [0.4, 0.5) is 24.9 Å². The number of pyridine rings is 1. The van der Waals surface area contributed by atoms with Crippen molar-refractivity contribution in [3.05, 3.63) is 58.5 Å². The number of halogens is 4. The lowest BCUT2D eigenvalue weighted by atomic mass is 9.73. The van der Waals surface area contributed by atoms with Gasteiger partial charge >= 0.3 is 6.18 Å². The molecule has 0 aliphatic carbocycles. The second-order valence-electron chi connectivity index (χ2n) is 10.00. The molecule has 1 spiro atoms. The van der Waals surface area contributed by atoms with Gasteiger partial charge in [0.05, 0.1) is 12.2 Å². The minimum Gasteiger partial charge on any atom is -0.355 e. The van der Waals surface area contributed by atoms with E-state index in [4.69, 9.17) is 11.6 Å². The number of benzene rings is 1. The van der Waals surface area contributed by atoms with Crippen LogP contribution in [-0.2, 0) is 13.1 Å². The normalized spacial score (nSPS) is 20.1. The minimum absolute atomic E-state index is 0.0474. The summed E-state index contributed by atoms with van der Waals surface area (Å²) >= 11 is 6.23. The first kappa shape index (κ1) is 22.6. The summed E-state index contributed by atoms with van der Waals surface area (Å²) in [5.41, 5.74) is 2.67. The fourth-order valence-electron chi connectivity index (χ4n) is 5.43. The number of aromatic nitrogens is 4. The van der Waals surface area contributed by atoms with Crippen molar-refractivity contribution in [1.82, 2.24) is 24.6 Å². The predicted molar refractivity (Wildman–Crippen MR) is 127 cm³/mol. The predicted octanol–water partition coefficient (Wildman–Crippen LogP) is 4.22. The van der Waals surface area contributed by atoms with Gasteiger partial charge in [0.15, 0.2) is 5.82 Å². The van der Waals surface area contributed by atoms with E-state index in [-0.39, 0.29) is 18.5 Å². The average Bonchev–Trinajstić information content (AvgIpc) is 3.06. The highest BCUT2D eigenvalue weighted by atomic mass is 35.5. The minimum atomic E-state index is -4.34. The Bertz CT molecular complexity index is 1280. The zero-order chi connectivity index (χ0) is 24.5. The molecular formula is C24H25ClF3N7. The van der Waals surface area contributed by atoms with Crippen LogP contribution < -0.4 is 9.80 Å². The van der Waals surface area contributed by atoms with E-state index in [1.54, 1.807) is 12.1 Å². The maximum Gasteiger partial charge on any atom is 0.403 e. The van der Waals surface area contributed by atoms with Gasteiger partial charge in [0.25, 0.3) is 0 Å². The molecule has 1 atom stereocenters. The number of anilines is 2. The summed E-state index contributed by atoms with van der Waals surface area (Å²) in [4.78, 5) is 10.4. The molecule has 3 aromatic rings. The van der Waals surface area contributed by atoms with E-state index in [9.17, 15) is 13.2 Å². The molecule has 184 valence electrons. The van der Waals surface area contributed by atoms with E-state index in [2.05, 4.69) is 25.0 Å². The molecular weight excluding hydrogens is 479 g/mol. The standard InChI is InChI=1S/C24H25ClF3N7/c1-15-4-3-5-20(29-15)33-11-23(12-33)13-34(14-23)22-31-30-21-10-32(16(2)24(26,27)28)9-17-8-18(25)6-7-19(17)35(21)22/h3-8,16H,9-14H2,1-2H3. The van der Waals surface area contributed by atoms with E-state index in [1.165, 1.54) is 11.8 Å². The third-order valence-corrected chi connectivity index (χ3v) is 7.56. The topological polar surface area (TPSA) is 53.3 Å². The van der Waals surface area contributed by atoms with Gasteiger partial charge in [-0.3, -0.25) is 9.47 Å². The maximum atomic E-state index is 13.6. The highest BCUT2D eigenvalue weighted by Crippen LogP contribution is 2.44. The van der Waals surface area contributed by atoms with Crippen LogP contribution in [0, 0.1) is 12.3 Å². The van der Waals surface area contributed by atoms with Gasteiger partial charge in [0, 0.05) is 48.9 Å². The third-order valence-electron chi connectivity index (χ3n) is 7.32. The number of aryl methyl sites for hydroxylation is 1. The SMILES string of the molecule is Cc1cccc(N2CC3(C2)CN(c2nnc4n2-c2ccc(Cl)cc2CN(C(C)C(F)(F)F)C4)C3)n1. The maximum absolute atomic E-state index is 13.6. The first-order valence-corrected chi connectivity index (χ1v) is 12.0. The van der Waals surface area contributed by atoms with Crippen molar-refractivity contribution in [3.8, 4) is 5.69 Å². The van der Waals surface area contributed by atoms with Crippen molar-refractivity contribution >= 4 is 23.4 Å². The van der Waals surface area contributed by atoms with E-state index in [0.717, 1.165) is 48.9 Å². The second-order valence-corrected chi connectivity index (χ2v) is 10.4. The Morgan fingerprint density at radius 3 is 2.46 bits per heavy atom. The second kappa shape index (κ2) is 7.83. The van der Waals surface area contributed by atoms with Gasteiger partial charge in [0.2, 0.25) is 5.95 Å². The van der Waals surface area contributed by atoms with E-state index in [0.29, 0.717) is 16.8 Å². The zero-order valence-electron chi connectivity index (χ0n) is 19.4. The van der Waals surface area contributed by atoms with Crippen LogP contribution in [0.5, 0.6) is 0 Å². The molecule has 11 heteroatoms. The number of alkyl halides is 3. The quantitative estimate of drug-likeness (QED) is 0.533. The molecule has 3 aliphatic heterocycles. The molecule has 7 nitrogen and oxygen atoms in total. The van der Waals surface area contributed by atoms with Crippen molar-refractivity contribution in [2.75, 3.05) is 36.0 Å². The lowest BCUT2D eigenvalue weighted by Gasteiger charge is -2.60. The first-order chi connectivity index (χ1) is 16.6. The van der Waals surface area contributed by atoms with Crippen LogP contribution in [0.3, 0.4) is 0 Å². The van der Waals surface area contributed by atoms with Gasteiger partial charge in [-0.1, -0.05) is 17.7 Å². The number of rotatable bonds is 3. The number of hydrogen-bond donors (Lipinski definition) is 0. The van der Waals surface area contributed by atoms with Gasteiger partial charge in [-0.2, -0.15) is 13.2 Å². The Balaban J connectivity index is 1.26. The molecule has 2 aromatic heterocycles. The molecule has 0 amide bonds. The molecule has 1 aromatic carbocycles. The summed E-state index contributed by atoms with van der Waals surface area (Å²) in [5, 5.41) is 9.24. The summed E-state index contributed by atoms with van der Waals surface area (Å²) < 4.78 is 42.6. The van der Waals surface area contributed by atoms with E-state index < -0.39 is 12.2 Å². The number of fused-ring (bicyclic) bond motifs is 3. The lowest BCUT2D eigenvalue weighted by Crippen LogP contribution is -2.73. The Morgan fingerprint density at radius 2 is 1.74 bits per heavy atom. The van der Waals surface area contributed by atoms with Gasteiger partial charge < -0.3 is 9.80 Å². The van der Waals surface area contributed by atoms with Crippen LogP contribution >= 0.6 is 11.6 Å². The molecule has 35 heavy (non-hydrogen) atoms. The third kappa shape index (κ3) is 3.83. The molecule has 0 saturated carbocycles. The fourth-order valence-corrected chi connectivity index (χ4v) is 5.63. The van der Waals surface area contributed by atoms with Crippen molar-refractivity contribution in [2.24, 2.45) is 5.41 Å². The molecule has 3 aliphatic rings. The van der Waals surface area contributed by atoms with Gasteiger partial charge in [-0.25, -0.2) is 4.98 Å². The van der Waals surface area contributed by atoms with Crippen molar-refractivity contribution in [1.29, 1.82) is 0 Å². The van der Waals surface area contributed by atoms with Crippen LogP contribution in [0.25, 0.3) is 5.69 Å². The van der Waals surface area contributed by atoms with Gasteiger partial charge in [-0.15, -0.1) is 10.2 Å². The van der Waals surface area contributed by atoms with Crippen molar-refractivity contribution in [2.45, 2.75) is 39.2 Å². The summed E-state index contributed by atoms with van der Waals surface area (Å²) in [6.07, 6.45) is -4.34. The summed E-state index contributed by atoms with van der Waals surface area (Å²) in [7, 11) is 0. The molecule has 2 fully saturated rings. The molecule has 0 N–H and O–H groups in total. The van der Waals surface area contributed by atoms with Crippen LogP contribution in [0.2, 0.25) is 5.02 Å². The Kier molecular flexibility index (Phi) is 5.05. The van der Waals surface area contributed by atoms with Crippen LogP contribution in [0.15, 0.2) is 36.4 Å². The Labute approximate surface area is 206 Å². The number of nitrogens with zero attached hydrogens (tertiary/aromatic N) is 7. The fraction of sp³-hybridized carbons (Fsp3) is 0.458. The van der Waals surface area contributed by atoms with Crippen molar-refractivity contribution in [3.63, 3.8) is 0 Å². The first-order valence-electron chi connectivity index (χ1n) is 11.6. The van der Waals surface area contributed by atoms with Gasteiger partial charge in [-0.05, 0) is 49.7 Å². The lowest BCUT2D eigenvalue weighted by molar-refractivity contribution is -0.182. The van der Waals surface area contributed by atoms with E-state index in [1.807, 2.05) is 35.8 Å². The van der Waals surface area contributed by atoms with E-state index >= 15 is 0 Å². The largest absolute Gasteiger partial charge is 0.403 e. The number of hydrogen-bond acceptors (Lipinski definition) is 6. The molecule has 2 saturated heterocycles. The highest BCUT2D eigenvalue weighted by Gasteiger charge is 2.53. The monoisotopic (exact) mass is 503 g/mol. The van der Waals surface area contributed by atoms with Gasteiger partial charge in [0.1, 0.15) is 11.9 Å². The Hall–Kier alpha value is -2.85. The van der Waals surface area contributed by atoms with Crippen molar-refractivity contribution < 1.29 is 13.2 Å². The zero-order valence-corrected chi connectivity index (χ0v) is 20.2. The molecule has 0 bridgehead atoms. The highest BCUT2D eigenvalue weighted by molar-refractivity contribution is 6.30. The summed E-state index contributed by atoms with van der Waals surface area (Å²) in [5.74, 6) is 2.16. The molecule has 6 rings (SSSR count). The summed E-state index contributed by atoms with van der Waals surface area (Å²) in [6.45, 7) is 6.82. The molecule has 1 unspecified atom stereocenters. The Morgan fingerprint density at radius 1 is 1.00 bits per heavy atom. The molecule has 5 heterocycles. The molecule has 0 radical (unpaired) electrons. The van der Waals surface area contributed by atoms with Crippen LogP contribution in [-0.4, -0.2) is 63.0 Å². The smallest absolute Gasteiger partial charge is 0.355 e. The summed E-state index contributed by atoms with van der Waals surface area (Å²) in [6, 6.07) is 9.76. The average molecular weight is 504 g/mol.